The predicted octanol–water partition coefficient (Wildman–Crippen LogP) is 1.76. The summed E-state index contributed by atoms with van der Waals surface area (Å²) >= 11 is 3.99. The second-order valence-electron chi connectivity index (χ2n) is 2.14. The molecule has 0 bridgehead atoms. The molecule has 0 radical (unpaired) electrons. The molecule has 0 fully saturated rings. The zero-order chi connectivity index (χ0) is 8.39. The maximum atomic E-state index is 5.18. The van der Waals surface area contributed by atoms with E-state index in [0.717, 1.165) is 0 Å². The van der Waals surface area contributed by atoms with Gasteiger partial charge in [0.1, 0.15) is 0 Å². The molecule has 0 spiro atoms. The maximum absolute atomic E-state index is 5.18. The Bertz CT molecular complexity index is 355. The molecule has 0 aliphatic heterocycles. The highest BCUT2D eigenvalue weighted by Crippen LogP contribution is 2.17. The lowest BCUT2D eigenvalue weighted by Gasteiger charge is -1.84. The van der Waals surface area contributed by atoms with Crippen molar-refractivity contribution in [2.75, 3.05) is 0 Å². The first-order chi connectivity index (χ1) is 5.90. The van der Waals surface area contributed by atoms with Crippen molar-refractivity contribution in [1.29, 1.82) is 0 Å². The van der Waals surface area contributed by atoms with Gasteiger partial charge in [-0.05, 0) is 12.1 Å². The van der Waals surface area contributed by atoms with Gasteiger partial charge in [0.15, 0.2) is 5.76 Å². The molecule has 5 heteroatoms. The van der Waals surface area contributed by atoms with Crippen molar-refractivity contribution in [2.24, 2.45) is 0 Å². The molecule has 0 atom stereocenters. The summed E-state index contributed by atoms with van der Waals surface area (Å²) in [5.41, 5.74) is 0. The minimum atomic E-state index is 0.393. The van der Waals surface area contributed by atoms with Gasteiger partial charge in [0.2, 0.25) is 5.89 Å². The van der Waals surface area contributed by atoms with Crippen molar-refractivity contribution in [1.82, 2.24) is 10.2 Å². The fourth-order valence-electron chi connectivity index (χ4n) is 0.817. The van der Waals surface area contributed by atoms with Gasteiger partial charge in [-0.25, -0.2) is 0 Å². The maximum Gasteiger partial charge on any atom is 0.283 e. The number of furan rings is 1. The molecule has 0 aliphatic carbocycles. The molecule has 12 heavy (non-hydrogen) atoms. The monoisotopic (exact) mass is 182 g/mol. The van der Waals surface area contributed by atoms with E-state index < -0.39 is 0 Å². The zero-order valence-corrected chi connectivity index (χ0v) is 6.99. The summed E-state index contributed by atoms with van der Waals surface area (Å²) in [5, 5.41) is 7.51. The second-order valence-corrected chi connectivity index (χ2v) is 2.45. The average Bonchev–Trinajstić information content (AvgIpc) is 2.75. The topological polar surface area (TPSA) is 52.1 Å². The fraction of sp³-hybridized carbons (Fsp3) is 0.143. The van der Waals surface area contributed by atoms with Crippen LogP contribution in [0.4, 0.5) is 0 Å². The van der Waals surface area contributed by atoms with Crippen LogP contribution in [-0.4, -0.2) is 10.2 Å². The van der Waals surface area contributed by atoms with Crippen LogP contribution in [0.3, 0.4) is 0 Å². The van der Waals surface area contributed by atoms with Gasteiger partial charge < -0.3 is 8.83 Å². The Kier molecular flexibility index (Phi) is 1.87. The van der Waals surface area contributed by atoms with Crippen LogP contribution in [0, 0.1) is 0 Å². The third-order valence-corrected chi connectivity index (χ3v) is 1.60. The number of hydrogen-bond acceptors (Lipinski definition) is 5. The van der Waals surface area contributed by atoms with Crippen LogP contribution in [0.1, 0.15) is 5.89 Å². The molecule has 0 aromatic carbocycles. The van der Waals surface area contributed by atoms with E-state index in [4.69, 9.17) is 8.83 Å². The first kappa shape index (κ1) is 7.42. The lowest BCUT2D eigenvalue weighted by Crippen LogP contribution is -1.74. The highest BCUT2D eigenvalue weighted by molar-refractivity contribution is 7.79. The number of thiol groups is 1. The van der Waals surface area contributed by atoms with E-state index in [1.54, 1.807) is 18.4 Å². The number of rotatable bonds is 2. The quantitative estimate of drug-likeness (QED) is 0.719. The number of hydrogen-bond donors (Lipinski definition) is 1. The van der Waals surface area contributed by atoms with E-state index in [1.807, 2.05) is 0 Å². The Morgan fingerprint density at radius 2 is 2.33 bits per heavy atom. The predicted molar refractivity (Wildman–Crippen MR) is 44.7 cm³/mol. The van der Waals surface area contributed by atoms with E-state index in [0.29, 0.717) is 23.3 Å². The minimum Gasteiger partial charge on any atom is -0.459 e. The highest BCUT2D eigenvalue weighted by Gasteiger charge is 2.08. The largest absolute Gasteiger partial charge is 0.459 e. The Morgan fingerprint density at radius 1 is 1.42 bits per heavy atom. The van der Waals surface area contributed by atoms with Gasteiger partial charge >= 0.3 is 0 Å². The van der Waals surface area contributed by atoms with Gasteiger partial charge in [0, 0.05) is 0 Å². The van der Waals surface area contributed by atoms with Crippen LogP contribution in [0.25, 0.3) is 11.7 Å². The average molecular weight is 182 g/mol. The first-order valence-corrected chi connectivity index (χ1v) is 4.00. The van der Waals surface area contributed by atoms with E-state index in [2.05, 4.69) is 22.8 Å². The van der Waals surface area contributed by atoms with Crippen LogP contribution in [0.15, 0.2) is 27.2 Å². The van der Waals surface area contributed by atoms with Crippen LogP contribution in [0.2, 0.25) is 0 Å². The molecule has 2 rings (SSSR count). The fourth-order valence-corrected chi connectivity index (χ4v) is 0.945. The number of aromatic nitrogens is 2. The Labute approximate surface area is 74.0 Å². The molecule has 2 aromatic rings. The van der Waals surface area contributed by atoms with Crippen LogP contribution in [0.5, 0.6) is 0 Å². The molecule has 0 unspecified atom stereocenters. The van der Waals surface area contributed by atoms with Crippen molar-refractivity contribution in [2.45, 2.75) is 5.75 Å². The van der Waals surface area contributed by atoms with Gasteiger partial charge in [-0.2, -0.15) is 12.6 Å². The minimum absolute atomic E-state index is 0.393. The van der Waals surface area contributed by atoms with Crippen molar-refractivity contribution in [3.8, 4) is 11.7 Å². The molecule has 2 heterocycles. The van der Waals surface area contributed by atoms with Crippen LogP contribution in [-0.2, 0) is 5.75 Å². The van der Waals surface area contributed by atoms with Gasteiger partial charge in [0.05, 0.1) is 12.0 Å². The molecule has 0 saturated heterocycles. The van der Waals surface area contributed by atoms with Gasteiger partial charge in [-0.3, -0.25) is 0 Å². The molecule has 0 aliphatic rings. The lowest BCUT2D eigenvalue weighted by atomic mass is 10.5. The van der Waals surface area contributed by atoms with Crippen molar-refractivity contribution in [3.63, 3.8) is 0 Å². The molecular weight excluding hydrogens is 176 g/mol. The van der Waals surface area contributed by atoms with E-state index in [-0.39, 0.29) is 0 Å². The molecule has 2 aromatic heterocycles. The summed E-state index contributed by atoms with van der Waals surface area (Å²) in [6.07, 6.45) is 1.56. The summed E-state index contributed by atoms with van der Waals surface area (Å²) in [7, 11) is 0. The van der Waals surface area contributed by atoms with Crippen LogP contribution < -0.4 is 0 Å². The normalized spacial score (nSPS) is 10.4. The van der Waals surface area contributed by atoms with E-state index in [9.17, 15) is 0 Å². The van der Waals surface area contributed by atoms with Gasteiger partial charge in [-0.15, -0.1) is 10.2 Å². The Hall–Kier alpha value is -1.23. The standard InChI is InChI=1S/C7H6N2O2S/c12-4-6-8-9-7(11-6)5-2-1-3-10-5/h1-3,12H,4H2. The molecule has 0 saturated carbocycles. The second kappa shape index (κ2) is 3.02. The van der Waals surface area contributed by atoms with E-state index in [1.165, 1.54) is 0 Å². The van der Waals surface area contributed by atoms with Crippen molar-refractivity contribution in [3.05, 3.63) is 24.3 Å². The molecule has 4 nitrogen and oxygen atoms in total. The molecular formula is C7H6N2O2S. The van der Waals surface area contributed by atoms with Crippen molar-refractivity contribution < 1.29 is 8.83 Å². The summed E-state index contributed by atoms with van der Waals surface area (Å²) in [4.78, 5) is 0. The summed E-state index contributed by atoms with van der Waals surface area (Å²) < 4.78 is 10.2. The van der Waals surface area contributed by atoms with Gasteiger partial charge in [-0.1, -0.05) is 0 Å². The highest BCUT2D eigenvalue weighted by atomic mass is 32.1. The Balaban J connectivity index is 2.35. The zero-order valence-electron chi connectivity index (χ0n) is 6.10. The van der Waals surface area contributed by atoms with Crippen molar-refractivity contribution >= 4 is 12.6 Å². The first-order valence-electron chi connectivity index (χ1n) is 3.37. The summed E-state index contributed by atoms with van der Waals surface area (Å²) in [6.45, 7) is 0. The smallest absolute Gasteiger partial charge is 0.283 e. The third-order valence-electron chi connectivity index (χ3n) is 1.33. The third kappa shape index (κ3) is 1.23. The SMILES string of the molecule is SCc1nnc(-c2ccco2)o1. The van der Waals surface area contributed by atoms with Crippen LogP contribution >= 0.6 is 12.6 Å². The summed E-state index contributed by atoms with van der Waals surface area (Å²) in [6, 6.07) is 3.52. The Morgan fingerprint density at radius 3 is 2.92 bits per heavy atom. The molecule has 62 valence electrons. The lowest BCUT2D eigenvalue weighted by molar-refractivity contribution is 0.494. The molecule has 0 N–H and O–H groups in total. The number of nitrogens with zero attached hydrogens (tertiary/aromatic N) is 2. The molecule has 0 amide bonds. The van der Waals surface area contributed by atoms with E-state index >= 15 is 0 Å². The van der Waals surface area contributed by atoms with Gasteiger partial charge in [0.25, 0.3) is 5.89 Å². The summed E-state index contributed by atoms with van der Waals surface area (Å²) in [5.74, 6) is 1.90.